The van der Waals surface area contributed by atoms with Crippen LogP contribution in [-0.4, -0.2) is 19.0 Å². The molecule has 3 nitrogen and oxygen atoms in total. The highest BCUT2D eigenvalue weighted by molar-refractivity contribution is 6.06. The zero-order valence-corrected chi connectivity index (χ0v) is 16.0. The zero-order valence-electron chi connectivity index (χ0n) is 16.0. The summed E-state index contributed by atoms with van der Waals surface area (Å²) >= 11 is 0. The largest absolute Gasteiger partial charge is 0.367 e. The van der Waals surface area contributed by atoms with Gasteiger partial charge >= 0.3 is 0 Å². The molecule has 0 radical (unpaired) electrons. The third-order valence-electron chi connectivity index (χ3n) is 5.91. The number of aryl methyl sites for hydroxylation is 1. The van der Waals surface area contributed by atoms with Gasteiger partial charge in [0.2, 0.25) is 0 Å². The van der Waals surface area contributed by atoms with Crippen LogP contribution in [0.5, 0.6) is 0 Å². The molecule has 0 unspecified atom stereocenters. The van der Waals surface area contributed by atoms with E-state index in [2.05, 4.69) is 59.5 Å². The minimum absolute atomic E-state index is 0.102. The van der Waals surface area contributed by atoms with Crippen LogP contribution < -0.4 is 9.80 Å². The van der Waals surface area contributed by atoms with Crippen molar-refractivity contribution in [3.63, 3.8) is 0 Å². The van der Waals surface area contributed by atoms with E-state index in [1.54, 1.807) is 0 Å². The maximum Gasteiger partial charge on any atom is 0.258 e. The molecule has 0 fully saturated rings. The second-order valence-corrected chi connectivity index (χ2v) is 7.69. The first-order valence-corrected chi connectivity index (χ1v) is 10.1. The molecular formula is C25H24N2O. The van der Waals surface area contributed by atoms with E-state index in [-0.39, 0.29) is 5.91 Å². The van der Waals surface area contributed by atoms with E-state index < -0.39 is 0 Å². The van der Waals surface area contributed by atoms with Crippen LogP contribution in [0.3, 0.4) is 0 Å². The summed E-state index contributed by atoms with van der Waals surface area (Å²) in [5.74, 6) is 0.102. The lowest BCUT2D eigenvalue weighted by atomic mass is 10.0. The highest BCUT2D eigenvalue weighted by Crippen LogP contribution is 2.30. The maximum atomic E-state index is 13.1. The first kappa shape index (κ1) is 17.1. The van der Waals surface area contributed by atoms with Gasteiger partial charge in [-0.05, 0) is 60.2 Å². The van der Waals surface area contributed by atoms with E-state index in [0.717, 1.165) is 50.1 Å². The van der Waals surface area contributed by atoms with Gasteiger partial charge in [0.05, 0.1) is 0 Å². The van der Waals surface area contributed by atoms with Gasteiger partial charge in [-0.2, -0.15) is 0 Å². The van der Waals surface area contributed by atoms with E-state index in [1.165, 1.54) is 22.4 Å². The van der Waals surface area contributed by atoms with E-state index in [9.17, 15) is 4.79 Å². The van der Waals surface area contributed by atoms with Crippen LogP contribution in [-0.2, 0) is 19.4 Å². The van der Waals surface area contributed by atoms with Gasteiger partial charge in [0, 0.05) is 36.6 Å². The molecule has 0 N–H and O–H groups in total. The Balaban J connectivity index is 1.33. The number of carbonyl (C=O) groups is 1. The van der Waals surface area contributed by atoms with Crippen LogP contribution >= 0.6 is 0 Å². The summed E-state index contributed by atoms with van der Waals surface area (Å²) < 4.78 is 0. The first-order chi connectivity index (χ1) is 13.8. The number of rotatable bonds is 3. The lowest BCUT2D eigenvalue weighted by Gasteiger charge is -2.29. The minimum Gasteiger partial charge on any atom is -0.367 e. The quantitative estimate of drug-likeness (QED) is 0.660. The number of hydrogen-bond donors (Lipinski definition) is 0. The Bertz CT molecular complexity index is 1010. The zero-order chi connectivity index (χ0) is 18.9. The average Bonchev–Trinajstić information content (AvgIpc) is 3.16. The molecule has 5 rings (SSSR count). The second-order valence-electron chi connectivity index (χ2n) is 7.69. The van der Waals surface area contributed by atoms with Crippen molar-refractivity contribution in [1.29, 1.82) is 0 Å². The summed E-state index contributed by atoms with van der Waals surface area (Å²) in [6.07, 6.45) is 3.19. The fourth-order valence-electron chi connectivity index (χ4n) is 4.44. The SMILES string of the molecule is O=C(c1ccc(CN2CCc3ccccc32)cc1)N1CCCc2ccccc21. The van der Waals surface area contributed by atoms with Gasteiger partial charge in [-0.1, -0.05) is 48.5 Å². The second kappa shape index (κ2) is 7.16. The summed E-state index contributed by atoms with van der Waals surface area (Å²) in [5, 5.41) is 0. The standard InChI is InChI=1S/C25H24N2O/c28-25(27-16-5-8-20-6-2-4-10-24(20)27)22-13-11-19(12-14-22)18-26-17-15-21-7-1-3-9-23(21)26/h1-4,6-7,9-14H,5,8,15-18H2. The number of benzene rings is 3. The average molecular weight is 368 g/mol. The van der Waals surface area contributed by atoms with Gasteiger partial charge in [0.15, 0.2) is 0 Å². The van der Waals surface area contributed by atoms with E-state index in [4.69, 9.17) is 0 Å². The summed E-state index contributed by atoms with van der Waals surface area (Å²) in [6.45, 7) is 2.74. The highest BCUT2D eigenvalue weighted by Gasteiger charge is 2.23. The van der Waals surface area contributed by atoms with Gasteiger partial charge < -0.3 is 9.80 Å². The van der Waals surface area contributed by atoms with Crippen LogP contribution in [0.1, 0.15) is 33.5 Å². The van der Waals surface area contributed by atoms with Crippen molar-refractivity contribution in [2.24, 2.45) is 0 Å². The molecule has 3 heteroatoms. The molecule has 3 aromatic rings. The maximum absolute atomic E-state index is 13.1. The molecule has 0 spiro atoms. The third-order valence-corrected chi connectivity index (χ3v) is 5.91. The number of fused-ring (bicyclic) bond motifs is 2. The lowest BCUT2D eigenvalue weighted by molar-refractivity contribution is 0.0985. The molecule has 0 bridgehead atoms. The Labute approximate surface area is 166 Å². The van der Waals surface area contributed by atoms with Gasteiger partial charge in [-0.3, -0.25) is 4.79 Å². The number of anilines is 2. The fraction of sp³-hybridized carbons (Fsp3) is 0.240. The smallest absolute Gasteiger partial charge is 0.258 e. The molecule has 140 valence electrons. The van der Waals surface area contributed by atoms with Crippen molar-refractivity contribution >= 4 is 17.3 Å². The molecule has 2 heterocycles. The number of amides is 1. The van der Waals surface area contributed by atoms with E-state index >= 15 is 0 Å². The number of nitrogens with zero attached hydrogens (tertiary/aromatic N) is 2. The summed E-state index contributed by atoms with van der Waals surface area (Å²) in [4.78, 5) is 17.5. The normalized spacial score (nSPS) is 15.3. The molecule has 3 aromatic carbocycles. The molecule has 1 amide bonds. The van der Waals surface area contributed by atoms with Crippen molar-refractivity contribution < 1.29 is 4.79 Å². The van der Waals surface area contributed by atoms with Crippen LogP contribution in [0, 0.1) is 0 Å². The molecule has 0 aromatic heterocycles. The predicted molar refractivity (Wildman–Crippen MR) is 114 cm³/mol. The molecule has 0 saturated heterocycles. The molecule has 2 aliphatic heterocycles. The van der Waals surface area contributed by atoms with E-state index in [1.807, 2.05) is 23.1 Å². The van der Waals surface area contributed by atoms with Gasteiger partial charge in [0.1, 0.15) is 0 Å². The van der Waals surface area contributed by atoms with Crippen molar-refractivity contribution in [1.82, 2.24) is 0 Å². The summed E-state index contributed by atoms with van der Waals surface area (Å²) in [7, 11) is 0. The molecule has 28 heavy (non-hydrogen) atoms. The Hall–Kier alpha value is -3.07. The molecule has 0 aliphatic carbocycles. The number of hydrogen-bond acceptors (Lipinski definition) is 2. The summed E-state index contributed by atoms with van der Waals surface area (Å²) in [6, 6.07) is 25.1. The highest BCUT2D eigenvalue weighted by atomic mass is 16.2. The van der Waals surface area contributed by atoms with Gasteiger partial charge in [0.25, 0.3) is 5.91 Å². The van der Waals surface area contributed by atoms with Gasteiger partial charge in [-0.25, -0.2) is 0 Å². The predicted octanol–water partition coefficient (Wildman–Crippen LogP) is 4.84. The van der Waals surface area contributed by atoms with Crippen LogP contribution in [0.4, 0.5) is 11.4 Å². The minimum atomic E-state index is 0.102. The summed E-state index contributed by atoms with van der Waals surface area (Å²) in [5.41, 5.74) is 7.11. The van der Waals surface area contributed by atoms with Crippen molar-refractivity contribution in [3.8, 4) is 0 Å². The number of carbonyl (C=O) groups excluding carboxylic acids is 1. The molecular weight excluding hydrogens is 344 g/mol. The Morgan fingerprint density at radius 1 is 0.750 bits per heavy atom. The molecule has 2 aliphatic rings. The number of para-hydroxylation sites is 2. The topological polar surface area (TPSA) is 23.6 Å². The van der Waals surface area contributed by atoms with Crippen molar-refractivity contribution in [2.45, 2.75) is 25.8 Å². The molecule has 0 saturated carbocycles. The lowest BCUT2D eigenvalue weighted by Crippen LogP contribution is -2.35. The van der Waals surface area contributed by atoms with E-state index in [0.29, 0.717) is 0 Å². The molecule has 0 atom stereocenters. The van der Waals surface area contributed by atoms with Crippen molar-refractivity contribution in [2.75, 3.05) is 22.9 Å². The van der Waals surface area contributed by atoms with Crippen LogP contribution in [0.15, 0.2) is 72.8 Å². The monoisotopic (exact) mass is 368 g/mol. The Morgan fingerprint density at radius 3 is 2.21 bits per heavy atom. The van der Waals surface area contributed by atoms with Crippen LogP contribution in [0.25, 0.3) is 0 Å². The van der Waals surface area contributed by atoms with Crippen molar-refractivity contribution in [3.05, 3.63) is 95.1 Å². The Morgan fingerprint density at radius 2 is 1.43 bits per heavy atom. The van der Waals surface area contributed by atoms with Gasteiger partial charge in [-0.15, -0.1) is 0 Å². The fourth-order valence-corrected chi connectivity index (χ4v) is 4.44. The first-order valence-electron chi connectivity index (χ1n) is 10.1. The third kappa shape index (κ3) is 3.07. The van der Waals surface area contributed by atoms with Crippen LogP contribution in [0.2, 0.25) is 0 Å². The Kier molecular flexibility index (Phi) is 4.36.